The molecule has 3 heteroatoms. The first-order valence-corrected chi connectivity index (χ1v) is 4.31. The van der Waals surface area contributed by atoms with Gasteiger partial charge in [-0.05, 0) is 20.3 Å². The van der Waals surface area contributed by atoms with Crippen LogP contribution < -0.4 is 0 Å². The second kappa shape index (κ2) is 3.72. The van der Waals surface area contributed by atoms with Crippen LogP contribution in [0.2, 0.25) is 0 Å². The summed E-state index contributed by atoms with van der Waals surface area (Å²) in [7, 11) is 0. The molecule has 0 aliphatic rings. The number of aliphatic hydroxyl groups excluding tert-OH is 1. The minimum absolute atomic E-state index is 0.253. The Labute approximate surface area is 73.1 Å². The zero-order valence-electron chi connectivity index (χ0n) is 7.91. The number of nitrogens with zero attached hydrogens (tertiary/aromatic N) is 2. The number of hydrogen-bond acceptors (Lipinski definition) is 2. The SMILES string of the molecule is CCC(O)Cn1cnc(C)c1C. The molecule has 1 heterocycles. The van der Waals surface area contributed by atoms with Gasteiger partial charge >= 0.3 is 0 Å². The molecule has 68 valence electrons. The van der Waals surface area contributed by atoms with Crippen LogP contribution in [0.15, 0.2) is 6.33 Å². The second-order valence-corrected chi connectivity index (χ2v) is 3.13. The molecule has 0 bridgehead atoms. The maximum absolute atomic E-state index is 9.40. The van der Waals surface area contributed by atoms with E-state index in [-0.39, 0.29) is 6.10 Å². The normalized spacial score (nSPS) is 13.3. The van der Waals surface area contributed by atoms with Crippen molar-refractivity contribution in [1.82, 2.24) is 9.55 Å². The van der Waals surface area contributed by atoms with Gasteiger partial charge in [-0.1, -0.05) is 6.92 Å². The largest absolute Gasteiger partial charge is 0.391 e. The fourth-order valence-corrected chi connectivity index (χ4v) is 1.08. The van der Waals surface area contributed by atoms with Crippen molar-refractivity contribution in [2.45, 2.75) is 39.8 Å². The number of aromatic nitrogens is 2. The molecule has 0 spiro atoms. The van der Waals surface area contributed by atoms with E-state index >= 15 is 0 Å². The summed E-state index contributed by atoms with van der Waals surface area (Å²) in [6.45, 7) is 6.63. The van der Waals surface area contributed by atoms with E-state index in [1.54, 1.807) is 6.33 Å². The van der Waals surface area contributed by atoms with Gasteiger partial charge in [0, 0.05) is 12.2 Å². The van der Waals surface area contributed by atoms with E-state index in [0.717, 1.165) is 17.8 Å². The van der Waals surface area contributed by atoms with E-state index in [2.05, 4.69) is 4.98 Å². The molecular formula is C9H16N2O. The minimum atomic E-state index is -0.253. The van der Waals surface area contributed by atoms with Gasteiger partial charge in [0.2, 0.25) is 0 Å². The van der Waals surface area contributed by atoms with Crippen molar-refractivity contribution in [3.05, 3.63) is 17.7 Å². The molecule has 1 aromatic heterocycles. The van der Waals surface area contributed by atoms with E-state index in [9.17, 15) is 5.11 Å². The summed E-state index contributed by atoms with van der Waals surface area (Å²) in [6.07, 6.45) is 2.32. The average molecular weight is 168 g/mol. The van der Waals surface area contributed by atoms with Gasteiger partial charge in [-0.25, -0.2) is 4.98 Å². The predicted molar refractivity (Wildman–Crippen MR) is 48.0 cm³/mol. The number of aryl methyl sites for hydroxylation is 1. The maximum atomic E-state index is 9.40. The molecule has 12 heavy (non-hydrogen) atoms. The zero-order chi connectivity index (χ0) is 9.14. The third kappa shape index (κ3) is 1.85. The number of imidazole rings is 1. The van der Waals surface area contributed by atoms with Crippen LogP contribution in [-0.4, -0.2) is 20.8 Å². The van der Waals surface area contributed by atoms with Gasteiger partial charge in [0.25, 0.3) is 0 Å². The van der Waals surface area contributed by atoms with Crippen molar-refractivity contribution in [1.29, 1.82) is 0 Å². The van der Waals surface area contributed by atoms with Gasteiger partial charge in [0.05, 0.1) is 18.1 Å². The van der Waals surface area contributed by atoms with Crippen molar-refractivity contribution in [2.75, 3.05) is 0 Å². The molecule has 0 aromatic carbocycles. The molecule has 1 atom stereocenters. The van der Waals surface area contributed by atoms with Gasteiger partial charge in [0.15, 0.2) is 0 Å². The molecule has 1 aromatic rings. The lowest BCUT2D eigenvalue weighted by atomic mass is 10.2. The third-order valence-corrected chi connectivity index (χ3v) is 2.22. The summed E-state index contributed by atoms with van der Waals surface area (Å²) in [4.78, 5) is 4.16. The van der Waals surface area contributed by atoms with E-state index in [1.165, 1.54) is 0 Å². The average Bonchev–Trinajstić information content (AvgIpc) is 2.36. The molecule has 0 saturated heterocycles. The lowest BCUT2D eigenvalue weighted by molar-refractivity contribution is 0.149. The van der Waals surface area contributed by atoms with Crippen LogP contribution >= 0.6 is 0 Å². The quantitative estimate of drug-likeness (QED) is 0.738. The Morgan fingerprint density at radius 2 is 2.25 bits per heavy atom. The standard InChI is InChI=1S/C9H16N2O/c1-4-9(12)5-11-6-10-7(2)8(11)3/h6,9,12H,4-5H2,1-3H3. The molecule has 0 fully saturated rings. The first kappa shape index (κ1) is 9.26. The smallest absolute Gasteiger partial charge is 0.0952 e. The summed E-state index contributed by atoms with van der Waals surface area (Å²) in [5.41, 5.74) is 2.18. The summed E-state index contributed by atoms with van der Waals surface area (Å²) >= 11 is 0. The topological polar surface area (TPSA) is 38.0 Å². The predicted octanol–water partition coefficient (Wildman–Crippen LogP) is 1.27. The summed E-state index contributed by atoms with van der Waals surface area (Å²) in [5, 5.41) is 9.40. The van der Waals surface area contributed by atoms with Crippen LogP contribution in [0.5, 0.6) is 0 Å². The summed E-state index contributed by atoms with van der Waals surface area (Å²) in [5.74, 6) is 0. The van der Waals surface area contributed by atoms with Crippen molar-refractivity contribution < 1.29 is 5.11 Å². The Bertz CT molecular complexity index is 255. The Balaban J connectivity index is 2.69. The van der Waals surface area contributed by atoms with E-state index in [1.807, 2.05) is 25.3 Å². The van der Waals surface area contributed by atoms with Crippen LogP contribution in [0.1, 0.15) is 24.7 Å². The van der Waals surface area contributed by atoms with Gasteiger partial charge in [-0.15, -0.1) is 0 Å². The Morgan fingerprint density at radius 1 is 1.58 bits per heavy atom. The van der Waals surface area contributed by atoms with Crippen LogP contribution in [0, 0.1) is 13.8 Å². The number of rotatable bonds is 3. The van der Waals surface area contributed by atoms with Crippen LogP contribution in [0.3, 0.4) is 0 Å². The highest BCUT2D eigenvalue weighted by Gasteiger charge is 2.05. The number of hydrogen-bond donors (Lipinski definition) is 1. The third-order valence-electron chi connectivity index (χ3n) is 2.22. The van der Waals surface area contributed by atoms with E-state index in [0.29, 0.717) is 6.54 Å². The summed E-state index contributed by atoms with van der Waals surface area (Å²) < 4.78 is 1.99. The molecule has 1 unspecified atom stereocenters. The Hall–Kier alpha value is -0.830. The maximum Gasteiger partial charge on any atom is 0.0952 e. The first-order valence-electron chi connectivity index (χ1n) is 4.31. The van der Waals surface area contributed by atoms with Crippen molar-refractivity contribution in [3.8, 4) is 0 Å². The van der Waals surface area contributed by atoms with Crippen molar-refractivity contribution >= 4 is 0 Å². The highest BCUT2D eigenvalue weighted by atomic mass is 16.3. The lowest BCUT2D eigenvalue weighted by Gasteiger charge is -2.09. The van der Waals surface area contributed by atoms with Gasteiger partial charge in [-0.3, -0.25) is 0 Å². The minimum Gasteiger partial charge on any atom is -0.391 e. The van der Waals surface area contributed by atoms with Gasteiger partial charge < -0.3 is 9.67 Å². The van der Waals surface area contributed by atoms with Crippen LogP contribution in [0.4, 0.5) is 0 Å². The molecular weight excluding hydrogens is 152 g/mol. The zero-order valence-corrected chi connectivity index (χ0v) is 7.91. The highest BCUT2D eigenvalue weighted by Crippen LogP contribution is 2.05. The van der Waals surface area contributed by atoms with Crippen molar-refractivity contribution in [2.24, 2.45) is 0 Å². The second-order valence-electron chi connectivity index (χ2n) is 3.13. The Morgan fingerprint density at radius 3 is 2.67 bits per heavy atom. The first-order chi connectivity index (χ1) is 5.65. The van der Waals surface area contributed by atoms with Crippen LogP contribution in [-0.2, 0) is 6.54 Å². The van der Waals surface area contributed by atoms with Crippen molar-refractivity contribution in [3.63, 3.8) is 0 Å². The number of aliphatic hydroxyl groups is 1. The molecule has 1 rings (SSSR count). The van der Waals surface area contributed by atoms with E-state index < -0.39 is 0 Å². The fraction of sp³-hybridized carbons (Fsp3) is 0.667. The highest BCUT2D eigenvalue weighted by molar-refractivity contribution is 5.08. The Kier molecular flexibility index (Phi) is 2.87. The molecule has 3 nitrogen and oxygen atoms in total. The molecule has 0 amide bonds. The molecule has 0 saturated carbocycles. The monoisotopic (exact) mass is 168 g/mol. The molecule has 0 radical (unpaired) electrons. The van der Waals surface area contributed by atoms with Gasteiger partial charge in [0.1, 0.15) is 0 Å². The molecule has 0 aliphatic carbocycles. The lowest BCUT2D eigenvalue weighted by Crippen LogP contribution is -2.14. The summed E-state index contributed by atoms with van der Waals surface area (Å²) in [6, 6.07) is 0. The van der Waals surface area contributed by atoms with Crippen LogP contribution in [0.25, 0.3) is 0 Å². The van der Waals surface area contributed by atoms with Gasteiger partial charge in [-0.2, -0.15) is 0 Å². The fourth-order valence-electron chi connectivity index (χ4n) is 1.08. The molecule has 1 N–H and O–H groups in total. The van der Waals surface area contributed by atoms with E-state index in [4.69, 9.17) is 0 Å². The molecule has 0 aliphatic heterocycles.